The Morgan fingerprint density at radius 3 is 2.59 bits per heavy atom. The first-order valence-corrected chi connectivity index (χ1v) is 6.71. The molecule has 0 radical (unpaired) electrons. The van der Waals surface area contributed by atoms with E-state index in [1.807, 2.05) is 19.0 Å². The minimum atomic E-state index is -0.273. The molecule has 1 N–H and O–H groups in total. The van der Waals surface area contributed by atoms with E-state index in [2.05, 4.69) is 0 Å². The molecule has 0 saturated carbocycles. The van der Waals surface area contributed by atoms with Gasteiger partial charge in [0, 0.05) is 20.5 Å². The molecule has 0 amide bonds. The lowest BCUT2D eigenvalue weighted by Gasteiger charge is -2.13. The van der Waals surface area contributed by atoms with Crippen molar-refractivity contribution in [1.82, 2.24) is 4.90 Å². The first-order chi connectivity index (χ1) is 10.5. The second-order valence-electron chi connectivity index (χ2n) is 4.93. The van der Waals surface area contributed by atoms with Gasteiger partial charge in [0.2, 0.25) is 5.75 Å². The Morgan fingerprint density at radius 1 is 1.32 bits per heavy atom. The molecule has 1 aromatic heterocycles. The predicted octanol–water partition coefficient (Wildman–Crippen LogP) is 2.80. The number of furan rings is 1. The largest absolute Gasteiger partial charge is 0.504 e. The van der Waals surface area contributed by atoms with Crippen LogP contribution in [-0.4, -0.2) is 44.1 Å². The molecular formula is C16H19NO5. The van der Waals surface area contributed by atoms with Crippen LogP contribution in [0.15, 0.2) is 29.0 Å². The topological polar surface area (TPSA) is 72.1 Å². The number of ketones is 1. The van der Waals surface area contributed by atoms with Gasteiger partial charge >= 0.3 is 0 Å². The Hall–Kier alpha value is -2.63. The molecule has 22 heavy (non-hydrogen) atoms. The van der Waals surface area contributed by atoms with E-state index < -0.39 is 0 Å². The Morgan fingerprint density at radius 2 is 2.00 bits per heavy atom. The van der Waals surface area contributed by atoms with Gasteiger partial charge in [0.15, 0.2) is 17.1 Å². The highest BCUT2D eigenvalue weighted by atomic mass is 16.5. The molecule has 0 unspecified atom stereocenters. The highest BCUT2D eigenvalue weighted by Gasteiger charge is 2.26. The van der Waals surface area contributed by atoms with Crippen LogP contribution in [0.4, 0.5) is 0 Å². The van der Waals surface area contributed by atoms with Gasteiger partial charge in [-0.3, -0.25) is 4.79 Å². The van der Waals surface area contributed by atoms with Crippen molar-refractivity contribution in [3.8, 4) is 17.2 Å². The minimum Gasteiger partial charge on any atom is -0.504 e. The number of Topliss-reactive ketones (excluding diaryl/α,β-unsaturated/α-hetero) is 1. The van der Waals surface area contributed by atoms with Crippen molar-refractivity contribution in [2.45, 2.75) is 6.42 Å². The van der Waals surface area contributed by atoms with E-state index in [1.54, 1.807) is 18.3 Å². The van der Waals surface area contributed by atoms with Crippen molar-refractivity contribution < 1.29 is 23.8 Å². The van der Waals surface area contributed by atoms with Crippen LogP contribution in [0, 0.1) is 0 Å². The number of carbonyl (C=O) groups excluding carboxylic acids is 1. The fourth-order valence-electron chi connectivity index (χ4n) is 2.26. The molecule has 6 heteroatoms. The number of fused-ring (bicyclic) bond motifs is 1. The van der Waals surface area contributed by atoms with Gasteiger partial charge in [-0.2, -0.15) is 0 Å². The van der Waals surface area contributed by atoms with Crippen LogP contribution in [0.2, 0.25) is 0 Å². The number of aromatic hydroxyl groups is 1. The zero-order valence-corrected chi connectivity index (χ0v) is 13.0. The highest BCUT2D eigenvalue weighted by Crippen LogP contribution is 2.46. The monoisotopic (exact) mass is 305 g/mol. The summed E-state index contributed by atoms with van der Waals surface area (Å²) in [7, 11) is 6.57. The first kappa shape index (κ1) is 15.8. The van der Waals surface area contributed by atoms with Crippen LogP contribution in [0.3, 0.4) is 0 Å². The smallest absolute Gasteiger partial charge is 0.205 e. The molecule has 0 aliphatic carbocycles. The maximum atomic E-state index is 12.5. The number of hydrogen-bond donors (Lipinski definition) is 1. The number of phenols is 1. The third-order valence-corrected chi connectivity index (χ3v) is 3.19. The zero-order valence-electron chi connectivity index (χ0n) is 13.0. The van der Waals surface area contributed by atoms with Gasteiger partial charge in [0.25, 0.3) is 0 Å². The van der Waals surface area contributed by atoms with Crippen molar-refractivity contribution in [2.75, 3.05) is 28.3 Å². The molecule has 1 aromatic carbocycles. The summed E-state index contributed by atoms with van der Waals surface area (Å²) >= 11 is 0. The van der Waals surface area contributed by atoms with Crippen LogP contribution in [0.25, 0.3) is 11.0 Å². The molecule has 0 aliphatic heterocycles. The molecule has 0 bridgehead atoms. The van der Waals surface area contributed by atoms with E-state index >= 15 is 0 Å². The van der Waals surface area contributed by atoms with Gasteiger partial charge in [0.05, 0.1) is 25.9 Å². The molecule has 2 rings (SSSR count). The lowest BCUT2D eigenvalue weighted by atomic mass is 10.0. The number of phenolic OH excluding ortho intramolecular Hbond substituents is 1. The Balaban J connectivity index is 2.56. The fourth-order valence-corrected chi connectivity index (χ4v) is 2.26. The number of allylic oxidation sites excluding steroid dienone is 1. The SMILES string of the molecule is COc1c(C(=O)CC=CN(C)C)c(O)c(OC)c2occc12. The lowest BCUT2D eigenvalue weighted by Crippen LogP contribution is -2.05. The van der Waals surface area contributed by atoms with Crippen molar-refractivity contribution >= 4 is 16.8 Å². The Labute approximate surface area is 128 Å². The third-order valence-electron chi connectivity index (χ3n) is 3.19. The van der Waals surface area contributed by atoms with Crippen molar-refractivity contribution in [3.63, 3.8) is 0 Å². The predicted molar refractivity (Wildman–Crippen MR) is 82.8 cm³/mol. The maximum absolute atomic E-state index is 12.5. The molecule has 6 nitrogen and oxygen atoms in total. The molecule has 2 aromatic rings. The number of carbonyl (C=O) groups is 1. The molecule has 0 aliphatic rings. The third kappa shape index (κ3) is 2.72. The van der Waals surface area contributed by atoms with E-state index in [1.165, 1.54) is 20.5 Å². The van der Waals surface area contributed by atoms with Gasteiger partial charge in [-0.05, 0) is 12.3 Å². The van der Waals surface area contributed by atoms with Crippen LogP contribution < -0.4 is 9.47 Å². The van der Waals surface area contributed by atoms with Gasteiger partial charge in [-0.25, -0.2) is 0 Å². The van der Waals surface area contributed by atoms with Crippen LogP contribution >= 0.6 is 0 Å². The van der Waals surface area contributed by atoms with Crippen LogP contribution in [0.5, 0.6) is 17.2 Å². The zero-order chi connectivity index (χ0) is 16.3. The normalized spacial score (nSPS) is 11.1. The molecular weight excluding hydrogens is 286 g/mol. The summed E-state index contributed by atoms with van der Waals surface area (Å²) in [5, 5.41) is 11.0. The average Bonchev–Trinajstić information content (AvgIpc) is 2.94. The van der Waals surface area contributed by atoms with Crippen LogP contribution in [0.1, 0.15) is 16.8 Å². The molecule has 0 atom stereocenters. The summed E-state index contributed by atoms with van der Waals surface area (Å²) in [5.41, 5.74) is 0.439. The number of methoxy groups -OCH3 is 2. The van der Waals surface area contributed by atoms with E-state index in [4.69, 9.17) is 13.9 Å². The fraction of sp³-hybridized carbons (Fsp3) is 0.312. The second-order valence-corrected chi connectivity index (χ2v) is 4.93. The van der Waals surface area contributed by atoms with E-state index in [0.717, 1.165) is 0 Å². The van der Waals surface area contributed by atoms with E-state index in [0.29, 0.717) is 11.0 Å². The second kappa shape index (κ2) is 6.43. The number of hydrogen-bond acceptors (Lipinski definition) is 6. The van der Waals surface area contributed by atoms with Gasteiger partial charge < -0.3 is 23.9 Å². The molecule has 118 valence electrons. The summed E-state index contributed by atoms with van der Waals surface area (Å²) < 4.78 is 15.8. The van der Waals surface area contributed by atoms with Crippen molar-refractivity contribution in [1.29, 1.82) is 0 Å². The molecule has 0 saturated heterocycles. The van der Waals surface area contributed by atoms with Gasteiger partial charge in [0.1, 0.15) is 11.3 Å². The Bertz CT molecular complexity index is 715. The summed E-state index contributed by atoms with van der Waals surface area (Å²) in [5.74, 6) is -0.134. The van der Waals surface area contributed by atoms with Crippen molar-refractivity contribution in [3.05, 3.63) is 30.2 Å². The van der Waals surface area contributed by atoms with Gasteiger partial charge in [-0.1, -0.05) is 6.08 Å². The quantitative estimate of drug-likeness (QED) is 0.827. The van der Waals surface area contributed by atoms with Crippen molar-refractivity contribution in [2.24, 2.45) is 0 Å². The summed E-state index contributed by atoms with van der Waals surface area (Å²) in [4.78, 5) is 14.3. The maximum Gasteiger partial charge on any atom is 0.205 e. The van der Waals surface area contributed by atoms with E-state index in [9.17, 15) is 9.90 Å². The average molecular weight is 305 g/mol. The number of rotatable bonds is 6. The van der Waals surface area contributed by atoms with E-state index in [-0.39, 0.29) is 35.0 Å². The first-order valence-electron chi connectivity index (χ1n) is 6.71. The summed E-state index contributed by atoms with van der Waals surface area (Å²) in [6.07, 6.45) is 5.08. The highest BCUT2D eigenvalue weighted by molar-refractivity contribution is 6.09. The molecule has 1 heterocycles. The lowest BCUT2D eigenvalue weighted by molar-refractivity contribution is 0.0989. The standard InChI is InChI=1S/C16H19NO5/c1-17(2)8-5-6-11(18)12-13(19)16(21-4)15-10(7-9-22-15)14(12)20-3/h5,7-9,19H,6H2,1-4H3. The molecule has 0 spiro atoms. The number of nitrogens with zero attached hydrogens (tertiary/aromatic N) is 1. The summed E-state index contributed by atoms with van der Waals surface area (Å²) in [6.45, 7) is 0. The number of benzene rings is 1. The molecule has 0 fully saturated rings. The van der Waals surface area contributed by atoms with Crippen LogP contribution in [-0.2, 0) is 0 Å². The van der Waals surface area contributed by atoms with Gasteiger partial charge in [-0.15, -0.1) is 0 Å². The number of ether oxygens (including phenoxy) is 2. The Kier molecular flexibility index (Phi) is 4.60. The minimum absolute atomic E-state index is 0.0941. The summed E-state index contributed by atoms with van der Waals surface area (Å²) in [6, 6.07) is 1.67.